The van der Waals surface area contributed by atoms with Crippen molar-refractivity contribution in [1.29, 1.82) is 0 Å². The van der Waals surface area contributed by atoms with Gasteiger partial charge in [-0.2, -0.15) is 0 Å². The van der Waals surface area contributed by atoms with Crippen molar-refractivity contribution < 1.29 is 22.7 Å². The van der Waals surface area contributed by atoms with E-state index >= 15 is 0 Å². The maximum absolute atomic E-state index is 12.5. The Bertz CT molecular complexity index is 731. The number of ether oxygens (including phenoxy) is 2. The fourth-order valence-electron chi connectivity index (χ4n) is 2.98. The van der Waals surface area contributed by atoms with Gasteiger partial charge >= 0.3 is 0 Å². The number of nitrogens with two attached hydrogens (primary N) is 1. The SMILES string of the molecule is CCOc1ccc(S(=O)(=O)NCC(=O)NC2CCC(N)CC2)cc1OCC. The van der Waals surface area contributed by atoms with Crippen LogP contribution < -0.4 is 25.2 Å². The van der Waals surface area contributed by atoms with Crippen molar-refractivity contribution in [3.63, 3.8) is 0 Å². The molecule has 0 bridgehead atoms. The lowest BCUT2D eigenvalue weighted by atomic mass is 9.92. The number of amides is 1. The molecule has 0 heterocycles. The second kappa shape index (κ2) is 9.91. The molecule has 1 aromatic carbocycles. The first-order valence-electron chi connectivity index (χ1n) is 9.30. The molecule has 152 valence electrons. The summed E-state index contributed by atoms with van der Waals surface area (Å²) in [5, 5.41) is 2.85. The molecule has 1 aromatic rings. The molecule has 0 saturated heterocycles. The molecule has 0 unspecified atom stereocenters. The van der Waals surface area contributed by atoms with Crippen LogP contribution in [-0.2, 0) is 14.8 Å². The monoisotopic (exact) mass is 399 g/mol. The molecule has 8 nitrogen and oxygen atoms in total. The van der Waals surface area contributed by atoms with E-state index < -0.39 is 10.0 Å². The molecule has 1 saturated carbocycles. The van der Waals surface area contributed by atoms with E-state index in [1.54, 1.807) is 13.0 Å². The lowest BCUT2D eigenvalue weighted by molar-refractivity contribution is -0.120. The van der Waals surface area contributed by atoms with Gasteiger partial charge in [-0.25, -0.2) is 13.1 Å². The molecule has 0 radical (unpaired) electrons. The summed E-state index contributed by atoms with van der Waals surface area (Å²) in [5.74, 6) is 0.479. The molecule has 0 atom stereocenters. The van der Waals surface area contributed by atoms with Crippen LogP contribution in [0.25, 0.3) is 0 Å². The third-order valence-corrected chi connectivity index (χ3v) is 5.78. The van der Waals surface area contributed by atoms with Gasteiger partial charge in [0.15, 0.2) is 11.5 Å². The van der Waals surface area contributed by atoms with Crippen LogP contribution in [0.4, 0.5) is 0 Å². The van der Waals surface area contributed by atoms with E-state index in [4.69, 9.17) is 15.2 Å². The topological polar surface area (TPSA) is 120 Å². The minimum absolute atomic E-state index is 0.0193. The normalized spacial score (nSPS) is 20.1. The molecule has 0 aliphatic heterocycles. The van der Waals surface area contributed by atoms with Gasteiger partial charge in [0.25, 0.3) is 0 Å². The first kappa shape index (κ1) is 21.5. The van der Waals surface area contributed by atoms with Gasteiger partial charge in [-0.15, -0.1) is 0 Å². The van der Waals surface area contributed by atoms with Gasteiger partial charge in [-0.3, -0.25) is 4.79 Å². The number of rotatable bonds is 9. The summed E-state index contributed by atoms with van der Waals surface area (Å²) in [6, 6.07) is 4.62. The Morgan fingerprint density at radius 2 is 1.74 bits per heavy atom. The Labute approximate surface area is 160 Å². The van der Waals surface area contributed by atoms with Crippen LogP contribution in [0.3, 0.4) is 0 Å². The van der Waals surface area contributed by atoms with E-state index in [2.05, 4.69) is 10.0 Å². The fraction of sp³-hybridized carbons (Fsp3) is 0.611. The average Bonchev–Trinajstić information content (AvgIpc) is 2.64. The van der Waals surface area contributed by atoms with Crippen LogP contribution in [0.15, 0.2) is 23.1 Å². The van der Waals surface area contributed by atoms with Gasteiger partial charge < -0.3 is 20.5 Å². The van der Waals surface area contributed by atoms with E-state index in [1.165, 1.54) is 12.1 Å². The largest absolute Gasteiger partial charge is 0.490 e. The maximum atomic E-state index is 12.5. The van der Waals surface area contributed by atoms with Gasteiger partial charge in [0.2, 0.25) is 15.9 Å². The second-order valence-corrected chi connectivity index (χ2v) is 8.25. The van der Waals surface area contributed by atoms with E-state index in [1.807, 2.05) is 6.92 Å². The number of benzene rings is 1. The van der Waals surface area contributed by atoms with Crippen LogP contribution in [-0.4, -0.2) is 46.2 Å². The molecule has 0 spiro atoms. The third-order valence-electron chi connectivity index (χ3n) is 4.38. The summed E-state index contributed by atoms with van der Waals surface area (Å²) in [5.41, 5.74) is 5.85. The molecule has 1 fully saturated rings. The molecular formula is C18H29N3O5S. The summed E-state index contributed by atoms with van der Waals surface area (Å²) >= 11 is 0. The summed E-state index contributed by atoms with van der Waals surface area (Å²) in [6.45, 7) is 4.14. The number of sulfonamides is 1. The minimum atomic E-state index is -3.84. The zero-order valence-corrected chi connectivity index (χ0v) is 16.7. The quantitative estimate of drug-likeness (QED) is 0.573. The van der Waals surface area contributed by atoms with E-state index in [0.29, 0.717) is 24.7 Å². The van der Waals surface area contributed by atoms with Gasteiger partial charge in [-0.1, -0.05) is 0 Å². The van der Waals surface area contributed by atoms with Gasteiger partial charge in [0.05, 0.1) is 24.7 Å². The van der Waals surface area contributed by atoms with Crippen LogP contribution in [0, 0.1) is 0 Å². The Morgan fingerprint density at radius 3 is 2.37 bits per heavy atom. The van der Waals surface area contributed by atoms with Gasteiger partial charge in [0, 0.05) is 18.2 Å². The standard InChI is InChI=1S/C18H29N3O5S/c1-3-25-16-10-9-15(11-17(16)26-4-2)27(23,24)20-12-18(22)21-14-7-5-13(19)6-8-14/h9-11,13-14,20H,3-8,12,19H2,1-2H3,(H,21,22). The van der Waals surface area contributed by atoms with E-state index in [9.17, 15) is 13.2 Å². The van der Waals surface area contributed by atoms with Crippen LogP contribution >= 0.6 is 0 Å². The van der Waals surface area contributed by atoms with Crippen molar-refractivity contribution in [1.82, 2.24) is 10.0 Å². The first-order chi connectivity index (χ1) is 12.9. The van der Waals surface area contributed by atoms with Crippen LogP contribution in [0.5, 0.6) is 11.5 Å². The highest BCUT2D eigenvalue weighted by Crippen LogP contribution is 2.30. The highest BCUT2D eigenvalue weighted by molar-refractivity contribution is 7.89. The Kier molecular flexibility index (Phi) is 7.88. The zero-order valence-electron chi connectivity index (χ0n) is 15.9. The van der Waals surface area contributed by atoms with Gasteiger partial charge in [0.1, 0.15) is 0 Å². The van der Waals surface area contributed by atoms with Crippen molar-refractivity contribution in [2.24, 2.45) is 5.73 Å². The van der Waals surface area contributed by atoms with Crippen molar-refractivity contribution in [3.05, 3.63) is 18.2 Å². The molecule has 1 aliphatic carbocycles. The second-order valence-electron chi connectivity index (χ2n) is 6.48. The number of hydrogen-bond acceptors (Lipinski definition) is 6. The molecule has 27 heavy (non-hydrogen) atoms. The fourth-order valence-corrected chi connectivity index (χ4v) is 3.98. The highest BCUT2D eigenvalue weighted by Gasteiger charge is 2.22. The first-order valence-corrected chi connectivity index (χ1v) is 10.8. The molecular weight excluding hydrogens is 370 g/mol. The molecule has 0 aromatic heterocycles. The van der Waals surface area contributed by atoms with Crippen molar-refractivity contribution in [3.8, 4) is 11.5 Å². The lowest BCUT2D eigenvalue weighted by Crippen LogP contribution is -2.44. The van der Waals surface area contributed by atoms with Crippen molar-refractivity contribution in [2.75, 3.05) is 19.8 Å². The predicted octanol–water partition coefficient (Wildman–Crippen LogP) is 1.15. The Balaban J connectivity index is 1.97. The van der Waals surface area contributed by atoms with E-state index in [-0.39, 0.29) is 29.4 Å². The number of carbonyl (C=O) groups is 1. The average molecular weight is 400 g/mol. The summed E-state index contributed by atoms with van der Waals surface area (Å²) < 4.78 is 38.2. The molecule has 9 heteroatoms. The smallest absolute Gasteiger partial charge is 0.241 e. The number of hydrogen-bond donors (Lipinski definition) is 3. The Morgan fingerprint density at radius 1 is 1.11 bits per heavy atom. The van der Waals surface area contributed by atoms with Gasteiger partial charge in [-0.05, 0) is 51.7 Å². The highest BCUT2D eigenvalue weighted by atomic mass is 32.2. The minimum Gasteiger partial charge on any atom is -0.490 e. The zero-order chi connectivity index (χ0) is 19.9. The molecule has 2 rings (SSSR count). The van der Waals surface area contributed by atoms with Crippen LogP contribution in [0.2, 0.25) is 0 Å². The molecule has 4 N–H and O–H groups in total. The molecule has 1 aliphatic rings. The summed E-state index contributed by atoms with van der Waals surface area (Å²) in [4.78, 5) is 12.1. The third kappa shape index (κ3) is 6.37. The molecule has 1 amide bonds. The maximum Gasteiger partial charge on any atom is 0.241 e. The summed E-state index contributed by atoms with van der Waals surface area (Å²) in [6.07, 6.45) is 3.36. The van der Waals surface area contributed by atoms with Crippen molar-refractivity contribution in [2.45, 2.75) is 56.5 Å². The number of carbonyl (C=O) groups excluding carboxylic acids is 1. The summed E-state index contributed by atoms with van der Waals surface area (Å²) in [7, 11) is -3.84. The van der Waals surface area contributed by atoms with E-state index in [0.717, 1.165) is 25.7 Å². The number of nitrogens with one attached hydrogen (secondary N) is 2. The Hall–Kier alpha value is -1.84. The predicted molar refractivity (Wildman–Crippen MR) is 102 cm³/mol. The lowest BCUT2D eigenvalue weighted by Gasteiger charge is -2.26. The van der Waals surface area contributed by atoms with Crippen molar-refractivity contribution >= 4 is 15.9 Å². The van der Waals surface area contributed by atoms with Crippen LogP contribution in [0.1, 0.15) is 39.5 Å².